The van der Waals surface area contributed by atoms with E-state index in [2.05, 4.69) is 10.3 Å². The van der Waals surface area contributed by atoms with Crippen molar-refractivity contribution in [3.63, 3.8) is 0 Å². The Labute approximate surface area is 130 Å². The van der Waals surface area contributed by atoms with E-state index in [9.17, 15) is 9.59 Å². The molecule has 0 radical (unpaired) electrons. The molecule has 0 saturated carbocycles. The fourth-order valence-electron chi connectivity index (χ4n) is 2.59. The quantitative estimate of drug-likeness (QED) is 0.793. The fourth-order valence-corrected chi connectivity index (χ4v) is 2.97. The van der Waals surface area contributed by atoms with E-state index in [-0.39, 0.29) is 28.6 Å². The molecule has 0 spiro atoms. The molecule has 1 atom stereocenters. The highest BCUT2D eigenvalue weighted by molar-refractivity contribution is 7.71. The molecule has 2 heterocycles. The summed E-state index contributed by atoms with van der Waals surface area (Å²) in [4.78, 5) is 26.9. The maximum atomic E-state index is 12.3. The number of hydrogen-bond donors (Lipinski definition) is 2. The minimum absolute atomic E-state index is 0.150. The maximum Gasteiger partial charge on any atom is 0.257 e. The molecule has 0 fully saturated rings. The van der Waals surface area contributed by atoms with Crippen molar-refractivity contribution in [3.05, 3.63) is 55.5 Å². The minimum Gasteiger partial charge on any atom is -0.312 e. The van der Waals surface area contributed by atoms with Crippen LogP contribution in [0.25, 0.3) is 0 Å². The molecular weight excluding hydrogens is 310 g/mol. The number of halogens is 1. The molecule has 7 heteroatoms. The number of carbonyl (C=O) groups excluding carboxylic acids is 1. The van der Waals surface area contributed by atoms with Gasteiger partial charge in [0.2, 0.25) is 5.91 Å². The van der Waals surface area contributed by atoms with Crippen LogP contribution in [0.2, 0.25) is 5.02 Å². The van der Waals surface area contributed by atoms with Crippen LogP contribution in [0.4, 0.5) is 5.82 Å². The lowest BCUT2D eigenvalue weighted by molar-refractivity contribution is -0.116. The van der Waals surface area contributed by atoms with Crippen LogP contribution in [0.3, 0.4) is 0 Å². The molecule has 2 aromatic rings. The Balaban J connectivity index is 2.28. The van der Waals surface area contributed by atoms with E-state index in [1.165, 1.54) is 0 Å². The van der Waals surface area contributed by atoms with Gasteiger partial charge in [0.1, 0.15) is 5.82 Å². The smallest absolute Gasteiger partial charge is 0.257 e. The highest BCUT2D eigenvalue weighted by Crippen LogP contribution is 2.35. The van der Waals surface area contributed by atoms with Gasteiger partial charge in [-0.2, -0.15) is 0 Å². The zero-order valence-corrected chi connectivity index (χ0v) is 12.7. The van der Waals surface area contributed by atoms with Gasteiger partial charge in [-0.15, -0.1) is 0 Å². The second-order valence-electron chi connectivity index (χ2n) is 4.94. The van der Waals surface area contributed by atoms with Gasteiger partial charge in [0.25, 0.3) is 5.56 Å². The first-order valence-corrected chi connectivity index (χ1v) is 7.14. The lowest BCUT2D eigenvalue weighted by Gasteiger charge is -2.26. The monoisotopic (exact) mass is 321 g/mol. The third-order valence-electron chi connectivity index (χ3n) is 3.61. The van der Waals surface area contributed by atoms with Crippen LogP contribution in [0, 0.1) is 4.77 Å². The van der Waals surface area contributed by atoms with Crippen molar-refractivity contribution in [2.45, 2.75) is 12.3 Å². The van der Waals surface area contributed by atoms with E-state index in [4.69, 9.17) is 23.8 Å². The van der Waals surface area contributed by atoms with E-state index < -0.39 is 0 Å². The molecule has 1 aromatic carbocycles. The Hall–Kier alpha value is -1.92. The number of H-pyrrole nitrogens is 1. The van der Waals surface area contributed by atoms with Crippen molar-refractivity contribution in [2.75, 3.05) is 5.32 Å². The van der Waals surface area contributed by atoms with E-state index in [1.807, 2.05) is 6.07 Å². The highest BCUT2D eigenvalue weighted by atomic mass is 35.5. The van der Waals surface area contributed by atoms with Crippen molar-refractivity contribution < 1.29 is 4.79 Å². The molecule has 2 N–H and O–H groups in total. The summed E-state index contributed by atoms with van der Waals surface area (Å²) in [6, 6.07) is 7.19. The normalized spacial score (nSPS) is 17.2. The first-order chi connectivity index (χ1) is 9.97. The number of aromatic amines is 1. The number of rotatable bonds is 1. The summed E-state index contributed by atoms with van der Waals surface area (Å²) < 4.78 is 1.87. The number of carbonyl (C=O) groups is 1. The Morgan fingerprint density at radius 3 is 2.86 bits per heavy atom. The third kappa shape index (κ3) is 2.41. The molecule has 1 unspecified atom stereocenters. The molecule has 0 aliphatic carbocycles. The number of benzene rings is 1. The maximum absolute atomic E-state index is 12.3. The van der Waals surface area contributed by atoms with Crippen LogP contribution in [0.1, 0.15) is 23.5 Å². The summed E-state index contributed by atoms with van der Waals surface area (Å²) in [5.74, 6) is -0.0361. The predicted molar refractivity (Wildman–Crippen MR) is 83.4 cm³/mol. The van der Waals surface area contributed by atoms with Gasteiger partial charge >= 0.3 is 0 Å². The third-order valence-corrected chi connectivity index (χ3v) is 4.22. The molecule has 108 valence electrons. The summed E-state index contributed by atoms with van der Waals surface area (Å²) in [6.45, 7) is 0. The molecule has 5 nitrogen and oxygen atoms in total. The second kappa shape index (κ2) is 5.13. The van der Waals surface area contributed by atoms with Crippen LogP contribution in [-0.4, -0.2) is 15.5 Å². The van der Waals surface area contributed by atoms with Gasteiger partial charge in [0, 0.05) is 24.4 Å². The summed E-state index contributed by atoms with van der Waals surface area (Å²) in [6.07, 6.45) is 0.202. The molecule has 1 aromatic heterocycles. The van der Waals surface area contributed by atoms with Crippen LogP contribution in [0.15, 0.2) is 29.1 Å². The lowest BCUT2D eigenvalue weighted by Crippen LogP contribution is -2.33. The van der Waals surface area contributed by atoms with Crippen LogP contribution in [0.5, 0.6) is 0 Å². The van der Waals surface area contributed by atoms with Gasteiger partial charge in [-0.3, -0.25) is 14.6 Å². The molecule has 0 bridgehead atoms. The first kappa shape index (κ1) is 14.0. The molecule has 1 aliphatic rings. The first-order valence-electron chi connectivity index (χ1n) is 6.36. The van der Waals surface area contributed by atoms with E-state index in [1.54, 1.807) is 29.8 Å². The van der Waals surface area contributed by atoms with Crippen LogP contribution < -0.4 is 10.9 Å². The number of hydrogen-bond acceptors (Lipinski definition) is 3. The molecule has 1 amide bonds. The van der Waals surface area contributed by atoms with Crippen molar-refractivity contribution in [1.29, 1.82) is 0 Å². The molecule has 3 rings (SSSR count). The molecule has 0 saturated heterocycles. The van der Waals surface area contributed by atoms with Crippen LogP contribution in [-0.2, 0) is 11.8 Å². The topological polar surface area (TPSA) is 66.9 Å². The number of amides is 1. The largest absolute Gasteiger partial charge is 0.312 e. The van der Waals surface area contributed by atoms with Gasteiger partial charge in [-0.1, -0.05) is 23.7 Å². The Kier molecular flexibility index (Phi) is 3.43. The number of nitrogens with zero attached hydrogens (tertiary/aromatic N) is 1. The Bertz CT molecular complexity index is 856. The minimum atomic E-state index is -0.335. The van der Waals surface area contributed by atoms with Gasteiger partial charge in [0.05, 0.1) is 5.56 Å². The number of aromatic nitrogens is 2. The summed E-state index contributed by atoms with van der Waals surface area (Å²) in [5.41, 5.74) is 1.06. The Morgan fingerprint density at radius 2 is 2.14 bits per heavy atom. The zero-order chi connectivity index (χ0) is 15.1. The van der Waals surface area contributed by atoms with Crippen molar-refractivity contribution in [1.82, 2.24) is 9.55 Å². The number of nitrogens with one attached hydrogen (secondary N) is 2. The lowest BCUT2D eigenvalue weighted by atomic mass is 9.87. The van der Waals surface area contributed by atoms with E-state index in [0.29, 0.717) is 16.4 Å². The van der Waals surface area contributed by atoms with E-state index in [0.717, 1.165) is 5.56 Å². The second-order valence-corrected chi connectivity index (χ2v) is 5.76. The Morgan fingerprint density at radius 1 is 1.38 bits per heavy atom. The average molecular weight is 322 g/mol. The van der Waals surface area contributed by atoms with Crippen LogP contribution >= 0.6 is 23.8 Å². The van der Waals surface area contributed by atoms with Gasteiger partial charge in [0.15, 0.2) is 4.77 Å². The van der Waals surface area contributed by atoms with Crippen molar-refractivity contribution in [2.24, 2.45) is 7.05 Å². The average Bonchev–Trinajstić information content (AvgIpc) is 2.44. The van der Waals surface area contributed by atoms with Crippen molar-refractivity contribution >= 4 is 35.5 Å². The van der Waals surface area contributed by atoms with Gasteiger partial charge < -0.3 is 9.88 Å². The number of fused-ring (bicyclic) bond motifs is 1. The predicted octanol–water partition coefficient (Wildman–Crippen LogP) is 2.57. The van der Waals surface area contributed by atoms with E-state index >= 15 is 0 Å². The molecule has 1 aliphatic heterocycles. The standard InChI is InChI=1S/C14H12ClN3O2S/c1-18-12-11(13(20)17-14(18)21)9(6-10(19)16-12)7-3-2-4-8(15)5-7/h2-5,9H,6H2,1H3,(H,16,19)(H,17,20,21). The zero-order valence-electron chi connectivity index (χ0n) is 11.1. The fraction of sp³-hybridized carbons (Fsp3) is 0.214. The van der Waals surface area contributed by atoms with Crippen molar-refractivity contribution in [3.8, 4) is 0 Å². The van der Waals surface area contributed by atoms with Gasteiger partial charge in [-0.25, -0.2) is 0 Å². The molecule has 21 heavy (non-hydrogen) atoms. The van der Waals surface area contributed by atoms with Gasteiger partial charge in [-0.05, 0) is 29.9 Å². The highest BCUT2D eigenvalue weighted by Gasteiger charge is 2.31. The SMILES string of the molecule is Cn1c2c(c(=O)[nH]c1=S)C(c1cccc(Cl)c1)CC(=O)N2. The summed E-state index contributed by atoms with van der Waals surface area (Å²) >= 11 is 11.1. The summed E-state index contributed by atoms with van der Waals surface area (Å²) in [7, 11) is 1.71. The molecular formula is C14H12ClN3O2S. The summed E-state index contributed by atoms with van der Waals surface area (Å²) in [5, 5.41) is 3.30. The number of anilines is 1.